The van der Waals surface area contributed by atoms with E-state index in [0.717, 1.165) is 31.2 Å². The minimum Gasteiger partial charge on any atom is -0.294 e. The molecule has 0 N–H and O–H groups in total. The van der Waals surface area contributed by atoms with Gasteiger partial charge in [-0.15, -0.1) is 0 Å². The Morgan fingerprint density at radius 3 is 2.04 bits per heavy atom. The number of halogens is 7. The highest BCUT2D eigenvalue weighted by Crippen LogP contribution is 2.38. The van der Waals surface area contributed by atoms with Crippen LogP contribution in [0.3, 0.4) is 0 Å². The Hall–Kier alpha value is -1.92. The first kappa shape index (κ1) is 22.4. The lowest BCUT2D eigenvalue weighted by Gasteiger charge is -2.21. The van der Waals surface area contributed by atoms with E-state index in [2.05, 4.69) is 0 Å². The van der Waals surface area contributed by atoms with Crippen molar-refractivity contribution in [2.45, 2.75) is 31.9 Å². The molecule has 2 aromatic rings. The summed E-state index contributed by atoms with van der Waals surface area (Å²) in [5, 5.41) is 0.325. The molecule has 2 rings (SSSR count). The van der Waals surface area contributed by atoms with Crippen molar-refractivity contribution in [1.82, 2.24) is 0 Å². The molecule has 0 bridgehead atoms. The van der Waals surface area contributed by atoms with Crippen molar-refractivity contribution in [3.8, 4) is 0 Å². The molecule has 28 heavy (non-hydrogen) atoms. The van der Waals surface area contributed by atoms with Crippen LogP contribution in [0.2, 0.25) is 10.0 Å². The first-order valence-corrected chi connectivity index (χ1v) is 8.79. The molecule has 0 amide bonds. The lowest BCUT2D eigenvalue weighted by Crippen LogP contribution is -2.20. The average Bonchev–Trinajstić information content (AvgIpc) is 2.51. The number of hydrogen-bond donors (Lipinski definition) is 0. The molecule has 0 aliphatic carbocycles. The second kappa shape index (κ2) is 8.21. The molecule has 0 saturated carbocycles. The zero-order valence-corrected chi connectivity index (χ0v) is 16.3. The Morgan fingerprint density at radius 1 is 1.00 bits per heavy atom. The van der Waals surface area contributed by atoms with Crippen molar-refractivity contribution in [2.75, 3.05) is 0 Å². The Bertz CT molecular complexity index is 894. The van der Waals surface area contributed by atoms with Gasteiger partial charge in [0.2, 0.25) is 0 Å². The summed E-state index contributed by atoms with van der Waals surface area (Å²) in [6, 6.07) is 7.07. The highest BCUT2D eigenvalue weighted by molar-refractivity contribution is 6.34. The van der Waals surface area contributed by atoms with Crippen LogP contribution in [-0.4, -0.2) is 11.7 Å². The van der Waals surface area contributed by atoms with Crippen molar-refractivity contribution >= 4 is 35.1 Å². The normalized spacial score (nSPS) is 13.8. The van der Waals surface area contributed by atoms with Crippen molar-refractivity contribution in [3.63, 3.8) is 0 Å². The molecule has 0 aromatic heterocycles. The van der Waals surface area contributed by atoms with Gasteiger partial charge in [-0.3, -0.25) is 4.79 Å². The van der Waals surface area contributed by atoms with Gasteiger partial charge in [-0.05, 0) is 42.3 Å². The monoisotopic (exact) mass is 436 g/mol. The van der Waals surface area contributed by atoms with E-state index in [-0.39, 0.29) is 21.2 Å². The second-order valence-electron chi connectivity index (χ2n) is 6.35. The van der Waals surface area contributed by atoms with E-state index in [0.29, 0.717) is 6.92 Å². The maximum absolute atomic E-state index is 14.1. The second-order valence-corrected chi connectivity index (χ2v) is 7.23. The minimum atomic E-state index is -4.75. The van der Waals surface area contributed by atoms with E-state index < -0.39 is 34.9 Å². The van der Waals surface area contributed by atoms with Crippen LogP contribution in [0.4, 0.5) is 22.0 Å². The van der Waals surface area contributed by atoms with Gasteiger partial charge in [0.05, 0.1) is 11.5 Å². The highest BCUT2D eigenvalue weighted by atomic mass is 35.5. The lowest BCUT2D eigenvalue weighted by atomic mass is 9.92. The third-order valence-corrected chi connectivity index (χ3v) is 4.44. The summed E-state index contributed by atoms with van der Waals surface area (Å²) in [5.74, 6) is -5.43. The third-order valence-electron chi connectivity index (χ3n) is 4.00. The zero-order chi connectivity index (χ0) is 21.3. The first-order valence-electron chi connectivity index (χ1n) is 8.03. The standard InChI is InChI=1S/C20H15Cl2F5O/c1-11(28)16-5-3-12(7-18(16)20(25,26)27)4-6-17(19(2,23)24)13-8-14(21)10-15(22)9-13/h3-10,17H,1-2H3/b6-4+. The number of alkyl halides is 5. The van der Waals surface area contributed by atoms with Crippen LogP contribution in [0.15, 0.2) is 42.5 Å². The predicted octanol–water partition coefficient (Wildman–Crippen LogP) is 7.67. The Balaban J connectivity index is 2.49. The molecule has 1 unspecified atom stereocenters. The van der Waals surface area contributed by atoms with Gasteiger partial charge >= 0.3 is 6.18 Å². The fourth-order valence-electron chi connectivity index (χ4n) is 2.74. The van der Waals surface area contributed by atoms with E-state index in [4.69, 9.17) is 23.2 Å². The number of carbonyl (C=O) groups excluding carboxylic acids is 1. The molecule has 150 valence electrons. The van der Waals surface area contributed by atoms with Crippen molar-refractivity contribution in [3.05, 3.63) is 74.8 Å². The molecule has 0 fully saturated rings. The minimum absolute atomic E-state index is 0.0275. The molecule has 2 aromatic carbocycles. The Kier molecular flexibility index (Phi) is 6.56. The van der Waals surface area contributed by atoms with Crippen molar-refractivity contribution in [1.29, 1.82) is 0 Å². The molecular weight excluding hydrogens is 422 g/mol. The number of carbonyl (C=O) groups is 1. The van der Waals surface area contributed by atoms with Gasteiger partial charge in [-0.25, -0.2) is 8.78 Å². The smallest absolute Gasteiger partial charge is 0.294 e. The summed E-state index contributed by atoms with van der Waals surface area (Å²) in [4.78, 5) is 11.4. The Morgan fingerprint density at radius 2 is 1.57 bits per heavy atom. The van der Waals surface area contributed by atoms with Gasteiger partial charge in [-0.2, -0.15) is 13.2 Å². The summed E-state index contributed by atoms with van der Waals surface area (Å²) in [5.41, 5.74) is -1.45. The summed E-state index contributed by atoms with van der Waals surface area (Å²) >= 11 is 11.7. The number of allylic oxidation sites excluding steroid dienone is 1. The number of Topliss-reactive ketones (excluding diaryl/α,β-unsaturated/α-hetero) is 1. The van der Waals surface area contributed by atoms with Crippen LogP contribution >= 0.6 is 23.2 Å². The van der Waals surface area contributed by atoms with Gasteiger partial charge in [-0.1, -0.05) is 47.5 Å². The molecule has 1 nitrogen and oxygen atoms in total. The molecule has 0 saturated heterocycles. The van der Waals surface area contributed by atoms with Crippen LogP contribution < -0.4 is 0 Å². The fraction of sp³-hybridized carbons (Fsp3) is 0.250. The average molecular weight is 437 g/mol. The van der Waals surface area contributed by atoms with E-state index in [1.165, 1.54) is 24.3 Å². The van der Waals surface area contributed by atoms with Crippen molar-refractivity contribution in [2.24, 2.45) is 0 Å². The molecular formula is C20H15Cl2F5O. The van der Waals surface area contributed by atoms with E-state index in [9.17, 15) is 26.7 Å². The van der Waals surface area contributed by atoms with Gasteiger partial charge in [0.25, 0.3) is 5.92 Å². The quantitative estimate of drug-likeness (QED) is 0.347. The fourth-order valence-corrected chi connectivity index (χ4v) is 3.28. The summed E-state index contributed by atoms with van der Waals surface area (Å²) in [7, 11) is 0. The molecule has 1 atom stereocenters. The van der Waals surface area contributed by atoms with E-state index in [1.807, 2.05) is 0 Å². The SMILES string of the molecule is CC(=O)c1ccc(/C=C/C(c2cc(Cl)cc(Cl)c2)C(C)(F)F)cc1C(F)(F)F. The van der Waals surface area contributed by atoms with Gasteiger partial charge in [0, 0.05) is 22.5 Å². The topological polar surface area (TPSA) is 17.1 Å². The van der Waals surface area contributed by atoms with Gasteiger partial charge in [0.15, 0.2) is 5.78 Å². The molecule has 8 heteroatoms. The van der Waals surface area contributed by atoms with Gasteiger partial charge in [0.1, 0.15) is 0 Å². The molecule has 0 aliphatic heterocycles. The third kappa shape index (κ3) is 5.55. The summed E-state index contributed by atoms with van der Waals surface area (Å²) < 4.78 is 67.8. The van der Waals surface area contributed by atoms with E-state index >= 15 is 0 Å². The number of ketones is 1. The van der Waals surface area contributed by atoms with Crippen LogP contribution in [0.1, 0.15) is 46.8 Å². The maximum Gasteiger partial charge on any atom is 0.417 e. The van der Waals surface area contributed by atoms with E-state index in [1.54, 1.807) is 0 Å². The maximum atomic E-state index is 14.1. The van der Waals surface area contributed by atoms with Crippen LogP contribution in [-0.2, 0) is 6.18 Å². The lowest BCUT2D eigenvalue weighted by molar-refractivity contribution is -0.137. The summed E-state index contributed by atoms with van der Waals surface area (Å²) in [6.07, 6.45) is -2.51. The Labute approximate surface area is 168 Å². The zero-order valence-electron chi connectivity index (χ0n) is 14.8. The summed E-state index contributed by atoms with van der Waals surface area (Å²) in [6.45, 7) is 1.72. The van der Waals surface area contributed by atoms with Gasteiger partial charge < -0.3 is 0 Å². The van der Waals surface area contributed by atoms with Crippen LogP contribution in [0, 0.1) is 0 Å². The number of benzene rings is 2. The van der Waals surface area contributed by atoms with Crippen LogP contribution in [0.5, 0.6) is 0 Å². The molecule has 0 aliphatic rings. The predicted molar refractivity (Wildman–Crippen MR) is 100 cm³/mol. The highest BCUT2D eigenvalue weighted by Gasteiger charge is 2.35. The largest absolute Gasteiger partial charge is 0.417 e. The number of hydrogen-bond acceptors (Lipinski definition) is 1. The number of rotatable bonds is 5. The molecule has 0 heterocycles. The molecule has 0 radical (unpaired) electrons. The van der Waals surface area contributed by atoms with Crippen LogP contribution in [0.25, 0.3) is 6.08 Å². The molecule has 0 spiro atoms. The van der Waals surface area contributed by atoms with Crippen molar-refractivity contribution < 1.29 is 26.7 Å². The first-order chi connectivity index (χ1) is 12.8.